The molecule has 1 aliphatic heterocycles. The molecular formula is C16H22N2O2. The van der Waals surface area contributed by atoms with Gasteiger partial charge in [-0.25, -0.2) is 0 Å². The van der Waals surface area contributed by atoms with Crippen molar-refractivity contribution in [3.8, 4) is 5.75 Å². The first-order chi connectivity index (χ1) is 9.69. The molecule has 1 amide bonds. The van der Waals surface area contributed by atoms with E-state index in [1.807, 2.05) is 42.2 Å². The van der Waals surface area contributed by atoms with Gasteiger partial charge in [0.2, 0.25) is 5.91 Å². The second-order valence-electron chi connectivity index (χ2n) is 4.97. The van der Waals surface area contributed by atoms with Gasteiger partial charge < -0.3 is 14.5 Å². The summed E-state index contributed by atoms with van der Waals surface area (Å²) in [6.07, 6.45) is 3.50. The number of carbonyl (C=O) groups excluding carboxylic acids is 1. The first-order valence-electron chi connectivity index (χ1n) is 7.07. The zero-order chi connectivity index (χ0) is 14.4. The molecule has 1 aliphatic rings. The summed E-state index contributed by atoms with van der Waals surface area (Å²) in [6, 6.07) is 7.77. The highest BCUT2D eigenvalue weighted by Crippen LogP contribution is 2.14. The molecule has 1 saturated heterocycles. The number of piperazine rings is 1. The van der Waals surface area contributed by atoms with E-state index in [9.17, 15) is 4.79 Å². The molecule has 1 heterocycles. The van der Waals surface area contributed by atoms with Gasteiger partial charge in [0.25, 0.3) is 0 Å². The van der Waals surface area contributed by atoms with Gasteiger partial charge in [0.1, 0.15) is 5.75 Å². The van der Waals surface area contributed by atoms with Gasteiger partial charge in [-0.05, 0) is 37.7 Å². The lowest BCUT2D eigenvalue weighted by Gasteiger charge is -2.31. The van der Waals surface area contributed by atoms with Crippen molar-refractivity contribution in [3.63, 3.8) is 0 Å². The Kier molecular flexibility index (Phi) is 5.18. The predicted octanol–water partition coefficient (Wildman–Crippen LogP) is 1.87. The quantitative estimate of drug-likeness (QED) is 0.786. The van der Waals surface area contributed by atoms with Gasteiger partial charge in [0.15, 0.2) is 0 Å². The van der Waals surface area contributed by atoms with Gasteiger partial charge >= 0.3 is 0 Å². The molecular weight excluding hydrogens is 252 g/mol. The molecule has 0 radical (unpaired) electrons. The highest BCUT2D eigenvalue weighted by Gasteiger charge is 2.16. The number of nitrogens with zero attached hydrogens (tertiary/aromatic N) is 2. The van der Waals surface area contributed by atoms with Crippen LogP contribution in [-0.4, -0.2) is 55.5 Å². The van der Waals surface area contributed by atoms with E-state index in [0.29, 0.717) is 6.61 Å². The van der Waals surface area contributed by atoms with Crippen molar-refractivity contribution in [1.82, 2.24) is 9.80 Å². The van der Waals surface area contributed by atoms with Gasteiger partial charge in [-0.2, -0.15) is 0 Å². The number of rotatable bonds is 4. The zero-order valence-corrected chi connectivity index (χ0v) is 12.2. The largest absolute Gasteiger partial charge is 0.494 e. The number of hydrogen-bond acceptors (Lipinski definition) is 3. The van der Waals surface area contributed by atoms with E-state index < -0.39 is 0 Å². The van der Waals surface area contributed by atoms with Crippen LogP contribution in [-0.2, 0) is 4.79 Å². The molecule has 0 bridgehead atoms. The predicted molar refractivity (Wildman–Crippen MR) is 80.7 cm³/mol. The third-order valence-electron chi connectivity index (χ3n) is 3.40. The van der Waals surface area contributed by atoms with Crippen LogP contribution in [0.5, 0.6) is 5.75 Å². The summed E-state index contributed by atoms with van der Waals surface area (Å²) in [4.78, 5) is 16.2. The van der Waals surface area contributed by atoms with E-state index in [1.54, 1.807) is 6.08 Å². The monoisotopic (exact) mass is 274 g/mol. The van der Waals surface area contributed by atoms with Crippen molar-refractivity contribution < 1.29 is 9.53 Å². The second-order valence-corrected chi connectivity index (χ2v) is 4.97. The Morgan fingerprint density at radius 2 is 2.05 bits per heavy atom. The molecule has 0 aliphatic carbocycles. The maximum atomic E-state index is 12.1. The van der Waals surface area contributed by atoms with E-state index in [4.69, 9.17) is 4.74 Å². The summed E-state index contributed by atoms with van der Waals surface area (Å²) in [5.74, 6) is 0.918. The van der Waals surface area contributed by atoms with E-state index >= 15 is 0 Å². The Morgan fingerprint density at radius 3 is 2.75 bits per heavy atom. The highest BCUT2D eigenvalue weighted by atomic mass is 16.5. The third-order valence-corrected chi connectivity index (χ3v) is 3.40. The standard InChI is InChI=1S/C16H22N2O2/c1-3-20-15-6-4-5-14(13-15)7-8-16(19)18-11-9-17(2)10-12-18/h4-8,13H,3,9-12H2,1-2H3/b8-7+. The molecule has 0 aromatic heterocycles. The molecule has 2 rings (SSSR count). The fraction of sp³-hybridized carbons (Fsp3) is 0.438. The maximum Gasteiger partial charge on any atom is 0.246 e. The Morgan fingerprint density at radius 1 is 1.30 bits per heavy atom. The molecule has 0 atom stereocenters. The molecule has 0 unspecified atom stereocenters. The van der Waals surface area contributed by atoms with Crippen molar-refractivity contribution >= 4 is 12.0 Å². The molecule has 1 fully saturated rings. The minimum absolute atomic E-state index is 0.0833. The fourth-order valence-electron chi connectivity index (χ4n) is 2.17. The molecule has 20 heavy (non-hydrogen) atoms. The van der Waals surface area contributed by atoms with Gasteiger partial charge in [0.05, 0.1) is 6.61 Å². The van der Waals surface area contributed by atoms with Crippen molar-refractivity contribution in [2.75, 3.05) is 39.8 Å². The second kappa shape index (κ2) is 7.10. The molecule has 1 aromatic rings. The van der Waals surface area contributed by atoms with Crippen molar-refractivity contribution in [1.29, 1.82) is 0 Å². The summed E-state index contributed by atoms with van der Waals surface area (Å²) < 4.78 is 5.45. The Balaban J connectivity index is 1.94. The van der Waals surface area contributed by atoms with E-state index in [2.05, 4.69) is 11.9 Å². The van der Waals surface area contributed by atoms with Crippen LogP contribution in [0.2, 0.25) is 0 Å². The van der Waals surface area contributed by atoms with E-state index in [1.165, 1.54) is 0 Å². The Hall–Kier alpha value is -1.81. The Bertz CT molecular complexity index is 477. The van der Waals surface area contributed by atoms with Crippen LogP contribution in [0.15, 0.2) is 30.3 Å². The summed E-state index contributed by atoms with van der Waals surface area (Å²) in [5, 5.41) is 0. The normalized spacial score (nSPS) is 16.6. The van der Waals surface area contributed by atoms with Gasteiger partial charge in [-0.3, -0.25) is 4.79 Å². The smallest absolute Gasteiger partial charge is 0.246 e. The summed E-state index contributed by atoms with van der Waals surface area (Å²) in [7, 11) is 2.08. The highest BCUT2D eigenvalue weighted by molar-refractivity contribution is 5.91. The lowest BCUT2D eigenvalue weighted by Crippen LogP contribution is -2.46. The SMILES string of the molecule is CCOc1cccc(/C=C/C(=O)N2CCN(C)CC2)c1. The van der Waals surface area contributed by atoms with E-state index in [-0.39, 0.29) is 5.91 Å². The minimum Gasteiger partial charge on any atom is -0.494 e. The number of carbonyl (C=O) groups is 1. The number of hydrogen-bond donors (Lipinski definition) is 0. The average Bonchev–Trinajstić information content (AvgIpc) is 2.46. The summed E-state index contributed by atoms with van der Waals surface area (Å²) in [6.45, 7) is 6.10. The fourth-order valence-corrected chi connectivity index (χ4v) is 2.17. The molecule has 108 valence electrons. The first-order valence-corrected chi connectivity index (χ1v) is 7.07. The maximum absolute atomic E-state index is 12.1. The lowest BCUT2D eigenvalue weighted by molar-refractivity contribution is -0.127. The van der Waals surface area contributed by atoms with Crippen LogP contribution < -0.4 is 4.74 Å². The molecule has 0 spiro atoms. The van der Waals surface area contributed by atoms with Crippen LogP contribution in [0.1, 0.15) is 12.5 Å². The van der Waals surface area contributed by atoms with Crippen LogP contribution in [0, 0.1) is 0 Å². The number of amides is 1. The first kappa shape index (κ1) is 14.6. The third kappa shape index (κ3) is 4.10. The van der Waals surface area contributed by atoms with Crippen molar-refractivity contribution in [2.24, 2.45) is 0 Å². The number of ether oxygens (including phenoxy) is 1. The summed E-state index contributed by atoms with van der Waals surface area (Å²) >= 11 is 0. The van der Waals surface area contributed by atoms with E-state index in [0.717, 1.165) is 37.5 Å². The molecule has 4 heteroatoms. The van der Waals surface area contributed by atoms with Crippen molar-refractivity contribution in [3.05, 3.63) is 35.9 Å². The number of benzene rings is 1. The van der Waals surface area contributed by atoms with Gasteiger partial charge in [0, 0.05) is 32.3 Å². The molecule has 1 aromatic carbocycles. The molecule has 4 nitrogen and oxygen atoms in total. The van der Waals surface area contributed by atoms with Crippen LogP contribution in [0.4, 0.5) is 0 Å². The molecule has 0 N–H and O–H groups in total. The summed E-state index contributed by atoms with van der Waals surface area (Å²) in [5.41, 5.74) is 0.985. The topological polar surface area (TPSA) is 32.8 Å². The minimum atomic E-state index is 0.0833. The Labute approximate surface area is 120 Å². The zero-order valence-electron chi connectivity index (χ0n) is 12.2. The molecule has 0 saturated carbocycles. The van der Waals surface area contributed by atoms with Crippen LogP contribution in [0.25, 0.3) is 6.08 Å². The van der Waals surface area contributed by atoms with Crippen LogP contribution in [0.3, 0.4) is 0 Å². The number of likely N-dealkylation sites (N-methyl/N-ethyl adjacent to an activating group) is 1. The lowest BCUT2D eigenvalue weighted by atomic mass is 10.2. The average molecular weight is 274 g/mol. The van der Waals surface area contributed by atoms with Crippen molar-refractivity contribution in [2.45, 2.75) is 6.92 Å². The van der Waals surface area contributed by atoms with Gasteiger partial charge in [-0.1, -0.05) is 12.1 Å². The van der Waals surface area contributed by atoms with Gasteiger partial charge in [-0.15, -0.1) is 0 Å². The van der Waals surface area contributed by atoms with Crippen LogP contribution >= 0.6 is 0 Å².